The van der Waals surface area contributed by atoms with Crippen molar-refractivity contribution in [1.29, 1.82) is 0 Å². The van der Waals surface area contributed by atoms with E-state index in [0.29, 0.717) is 0 Å². The summed E-state index contributed by atoms with van der Waals surface area (Å²) in [5.41, 5.74) is 17.6. The summed E-state index contributed by atoms with van der Waals surface area (Å²) >= 11 is 0. The Kier molecular flexibility index (Phi) is 9.82. The second-order valence-electron chi connectivity index (χ2n) is 19.1. The van der Waals surface area contributed by atoms with E-state index in [-0.39, 0.29) is 0 Å². The molecule has 0 saturated carbocycles. The molecule has 0 bridgehead atoms. The molecule has 0 heterocycles. The van der Waals surface area contributed by atoms with Gasteiger partial charge in [-0.2, -0.15) is 0 Å². The van der Waals surface area contributed by atoms with Crippen LogP contribution in [0.1, 0.15) is 22.3 Å². The standard InChI is InChI=1S/C71H47N/c1-3-22-54(23-4-1)71(55-24-5-2-6-25-55)67-34-15-13-32-64(67)70-60(33-18-35-68(70)71)49-41-43-56(44-42-49)72(57-26-17-21-51(45-57)52-40-39-50-38-37-48-19-7-9-27-58(48)65(50)46-52)69-36-16-14-31-63(69)66-47-53-20-8-10-28-59(53)61-29-11-12-30-62(61)66/h1-47H. The smallest absolute Gasteiger partial charge is 0.0713 e. The number of para-hydroxylation sites is 1. The van der Waals surface area contributed by atoms with Crippen LogP contribution in [0.25, 0.3) is 87.6 Å². The number of hydrogen-bond donors (Lipinski definition) is 0. The maximum Gasteiger partial charge on any atom is 0.0713 e. The fourth-order valence-electron chi connectivity index (χ4n) is 12.1. The second kappa shape index (κ2) is 17.0. The Bertz CT molecular complexity index is 4170. The first-order valence-corrected chi connectivity index (χ1v) is 25.0. The van der Waals surface area contributed by atoms with Crippen molar-refractivity contribution in [3.05, 3.63) is 307 Å². The van der Waals surface area contributed by atoms with E-state index in [1.165, 1.54) is 104 Å². The Balaban J connectivity index is 0.958. The van der Waals surface area contributed by atoms with E-state index in [4.69, 9.17) is 0 Å². The van der Waals surface area contributed by atoms with Crippen LogP contribution in [0.4, 0.5) is 17.1 Å². The molecule has 1 aliphatic carbocycles. The van der Waals surface area contributed by atoms with Gasteiger partial charge >= 0.3 is 0 Å². The average molecular weight is 914 g/mol. The molecule has 0 amide bonds. The summed E-state index contributed by atoms with van der Waals surface area (Å²) in [5.74, 6) is 0. The lowest BCUT2D eigenvalue weighted by atomic mass is 9.67. The highest BCUT2D eigenvalue weighted by atomic mass is 15.1. The third-order valence-corrected chi connectivity index (χ3v) is 15.3. The lowest BCUT2D eigenvalue weighted by Gasteiger charge is -2.34. The normalized spacial score (nSPS) is 12.6. The van der Waals surface area contributed by atoms with Gasteiger partial charge in [-0.25, -0.2) is 0 Å². The average Bonchev–Trinajstić information content (AvgIpc) is 3.77. The summed E-state index contributed by atoms with van der Waals surface area (Å²) in [4.78, 5) is 2.46. The molecule has 0 radical (unpaired) electrons. The van der Waals surface area contributed by atoms with Gasteiger partial charge in [-0.1, -0.05) is 243 Å². The summed E-state index contributed by atoms with van der Waals surface area (Å²) in [5, 5.41) is 9.99. The second-order valence-corrected chi connectivity index (χ2v) is 19.1. The Morgan fingerprint density at radius 3 is 1.54 bits per heavy atom. The molecule has 0 aliphatic heterocycles. The number of anilines is 3. The van der Waals surface area contributed by atoms with Crippen LogP contribution in [-0.4, -0.2) is 0 Å². The Labute approximate surface area is 420 Å². The molecule has 0 atom stereocenters. The molecule has 0 saturated heterocycles. The Hall–Kier alpha value is -9.30. The highest BCUT2D eigenvalue weighted by molar-refractivity contribution is 6.15. The van der Waals surface area contributed by atoms with Crippen LogP contribution in [0.5, 0.6) is 0 Å². The van der Waals surface area contributed by atoms with E-state index in [9.17, 15) is 0 Å². The van der Waals surface area contributed by atoms with E-state index in [1.54, 1.807) is 0 Å². The van der Waals surface area contributed by atoms with E-state index in [0.717, 1.165) is 22.6 Å². The lowest BCUT2D eigenvalue weighted by Crippen LogP contribution is -2.28. The summed E-state index contributed by atoms with van der Waals surface area (Å²) < 4.78 is 0. The molecule has 0 unspecified atom stereocenters. The molecule has 0 N–H and O–H groups in total. The first-order valence-electron chi connectivity index (χ1n) is 25.0. The van der Waals surface area contributed by atoms with Gasteiger partial charge in [-0.3, -0.25) is 0 Å². The summed E-state index contributed by atoms with van der Waals surface area (Å²) in [6.45, 7) is 0. The Morgan fingerprint density at radius 1 is 0.250 bits per heavy atom. The molecule has 13 aromatic carbocycles. The van der Waals surface area contributed by atoms with Crippen molar-refractivity contribution in [3.8, 4) is 44.5 Å². The summed E-state index contributed by atoms with van der Waals surface area (Å²) in [6, 6.07) is 106. The maximum absolute atomic E-state index is 2.46. The number of fused-ring (bicyclic) bond motifs is 9. The largest absolute Gasteiger partial charge is 0.310 e. The van der Waals surface area contributed by atoms with Crippen LogP contribution in [-0.2, 0) is 5.41 Å². The minimum absolute atomic E-state index is 0.471. The van der Waals surface area contributed by atoms with Gasteiger partial charge in [0.05, 0.1) is 11.1 Å². The molecule has 0 spiro atoms. The van der Waals surface area contributed by atoms with Crippen molar-refractivity contribution in [1.82, 2.24) is 0 Å². The predicted molar refractivity (Wildman–Crippen MR) is 305 cm³/mol. The van der Waals surface area contributed by atoms with Gasteiger partial charge < -0.3 is 4.90 Å². The molecule has 0 fully saturated rings. The highest BCUT2D eigenvalue weighted by Crippen LogP contribution is 2.58. The molecular weight excluding hydrogens is 867 g/mol. The van der Waals surface area contributed by atoms with Crippen molar-refractivity contribution in [3.63, 3.8) is 0 Å². The Morgan fingerprint density at radius 2 is 0.778 bits per heavy atom. The summed E-state index contributed by atoms with van der Waals surface area (Å²) in [7, 11) is 0. The van der Waals surface area contributed by atoms with Gasteiger partial charge in [0, 0.05) is 16.9 Å². The third-order valence-electron chi connectivity index (χ3n) is 15.3. The van der Waals surface area contributed by atoms with Crippen LogP contribution < -0.4 is 4.90 Å². The highest BCUT2D eigenvalue weighted by Gasteiger charge is 2.46. The zero-order chi connectivity index (χ0) is 47.6. The van der Waals surface area contributed by atoms with Gasteiger partial charge in [-0.05, 0) is 147 Å². The molecule has 336 valence electrons. The quantitative estimate of drug-likeness (QED) is 0.137. The predicted octanol–water partition coefficient (Wildman–Crippen LogP) is 19.1. The van der Waals surface area contributed by atoms with Crippen LogP contribution in [0, 0.1) is 0 Å². The first-order chi connectivity index (χ1) is 35.7. The van der Waals surface area contributed by atoms with Crippen molar-refractivity contribution in [2.45, 2.75) is 5.41 Å². The van der Waals surface area contributed by atoms with Gasteiger partial charge in [0.2, 0.25) is 0 Å². The van der Waals surface area contributed by atoms with E-state index in [2.05, 4.69) is 290 Å². The molecule has 0 aromatic heterocycles. The van der Waals surface area contributed by atoms with Crippen LogP contribution in [0.3, 0.4) is 0 Å². The fraction of sp³-hybridized carbons (Fsp3) is 0.0141. The van der Waals surface area contributed by atoms with E-state index < -0.39 is 5.41 Å². The molecule has 1 nitrogen and oxygen atoms in total. The van der Waals surface area contributed by atoms with E-state index >= 15 is 0 Å². The van der Waals surface area contributed by atoms with Crippen LogP contribution in [0.15, 0.2) is 285 Å². The minimum atomic E-state index is -0.471. The molecule has 72 heavy (non-hydrogen) atoms. The van der Waals surface area contributed by atoms with Crippen molar-refractivity contribution in [2.24, 2.45) is 0 Å². The molecule has 1 heteroatoms. The number of benzene rings is 13. The first kappa shape index (κ1) is 41.7. The third kappa shape index (κ3) is 6.55. The van der Waals surface area contributed by atoms with E-state index in [1.807, 2.05) is 0 Å². The van der Waals surface area contributed by atoms with Crippen molar-refractivity contribution >= 4 is 60.2 Å². The molecule has 1 aliphatic rings. The SMILES string of the molecule is c1ccc(C2(c3ccccc3)c3ccccc3-c3c(-c4ccc(N(c5cccc(-c6ccc7ccc8ccccc8c7c6)c5)c5ccccc5-c5cc6ccccc6c6ccccc56)cc4)cccc32)cc1. The van der Waals surface area contributed by atoms with Crippen LogP contribution >= 0.6 is 0 Å². The molecule has 14 rings (SSSR count). The molecule has 13 aromatic rings. The van der Waals surface area contributed by atoms with Gasteiger partial charge in [0.1, 0.15) is 0 Å². The fourth-order valence-corrected chi connectivity index (χ4v) is 12.1. The van der Waals surface area contributed by atoms with Gasteiger partial charge in [-0.15, -0.1) is 0 Å². The molecular formula is C71H47N. The van der Waals surface area contributed by atoms with Crippen molar-refractivity contribution in [2.75, 3.05) is 4.90 Å². The monoisotopic (exact) mass is 913 g/mol. The lowest BCUT2D eigenvalue weighted by molar-refractivity contribution is 0.768. The maximum atomic E-state index is 2.46. The summed E-state index contributed by atoms with van der Waals surface area (Å²) in [6.07, 6.45) is 0. The van der Waals surface area contributed by atoms with Gasteiger partial charge in [0.25, 0.3) is 0 Å². The number of rotatable bonds is 8. The zero-order valence-corrected chi connectivity index (χ0v) is 39.6. The zero-order valence-electron chi connectivity index (χ0n) is 39.6. The topological polar surface area (TPSA) is 3.24 Å². The van der Waals surface area contributed by atoms with Crippen molar-refractivity contribution < 1.29 is 0 Å². The van der Waals surface area contributed by atoms with Crippen LogP contribution in [0.2, 0.25) is 0 Å². The number of nitrogens with zero attached hydrogens (tertiary/aromatic N) is 1. The minimum Gasteiger partial charge on any atom is -0.310 e. The van der Waals surface area contributed by atoms with Gasteiger partial charge in [0.15, 0.2) is 0 Å². The number of hydrogen-bond acceptors (Lipinski definition) is 1.